The lowest BCUT2D eigenvalue weighted by Crippen LogP contribution is -2.37. The molecule has 0 amide bonds. The molecule has 0 radical (unpaired) electrons. The van der Waals surface area contributed by atoms with Crippen molar-refractivity contribution in [3.63, 3.8) is 0 Å². The molecule has 3 rings (SSSR count). The molecule has 112 valence electrons. The quantitative estimate of drug-likeness (QED) is 0.852. The Balaban J connectivity index is 1.76. The number of halogens is 1. The van der Waals surface area contributed by atoms with Crippen LogP contribution in [0.15, 0.2) is 33.3 Å². The fourth-order valence-corrected chi connectivity index (χ4v) is 3.38. The van der Waals surface area contributed by atoms with Crippen molar-refractivity contribution in [3.8, 4) is 0 Å². The molecule has 1 aromatic heterocycles. The third-order valence-electron chi connectivity index (χ3n) is 4.15. The van der Waals surface area contributed by atoms with E-state index in [0.29, 0.717) is 18.1 Å². The van der Waals surface area contributed by atoms with Crippen LogP contribution in [0.1, 0.15) is 55.8 Å². The van der Waals surface area contributed by atoms with Gasteiger partial charge in [0, 0.05) is 4.47 Å². The first-order valence-corrected chi connectivity index (χ1v) is 8.31. The van der Waals surface area contributed by atoms with E-state index in [2.05, 4.69) is 38.2 Å². The zero-order chi connectivity index (χ0) is 14.7. The summed E-state index contributed by atoms with van der Waals surface area (Å²) in [7, 11) is 0. The second-order valence-electron chi connectivity index (χ2n) is 5.89. The zero-order valence-corrected chi connectivity index (χ0v) is 13.6. The van der Waals surface area contributed by atoms with Crippen LogP contribution in [0.3, 0.4) is 0 Å². The van der Waals surface area contributed by atoms with E-state index >= 15 is 0 Å². The largest absolute Gasteiger partial charge is 0.339 e. The highest BCUT2D eigenvalue weighted by Crippen LogP contribution is 2.32. The van der Waals surface area contributed by atoms with E-state index in [0.717, 1.165) is 35.7 Å². The van der Waals surface area contributed by atoms with Gasteiger partial charge in [-0.1, -0.05) is 58.9 Å². The summed E-state index contributed by atoms with van der Waals surface area (Å²) >= 11 is 3.47. The van der Waals surface area contributed by atoms with E-state index in [1.54, 1.807) is 0 Å². The van der Waals surface area contributed by atoms with Gasteiger partial charge >= 0.3 is 0 Å². The van der Waals surface area contributed by atoms with Crippen LogP contribution in [0.2, 0.25) is 0 Å². The first-order valence-electron chi connectivity index (χ1n) is 7.52. The molecule has 0 spiro atoms. The third kappa shape index (κ3) is 3.52. The molecule has 2 aromatic rings. The molecule has 0 bridgehead atoms. The number of nitrogens with two attached hydrogens (primary N) is 1. The Labute approximate surface area is 133 Å². The average molecular weight is 350 g/mol. The van der Waals surface area contributed by atoms with Gasteiger partial charge in [0.1, 0.15) is 0 Å². The van der Waals surface area contributed by atoms with Crippen LogP contribution in [-0.2, 0) is 12.0 Å². The Morgan fingerprint density at radius 2 is 1.95 bits per heavy atom. The monoisotopic (exact) mass is 349 g/mol. The molecule has 5 heteroatoms. The first kappa shape index (κ1) is 14.7. The van der Waals surface area contributed by atoms with Gasteiger partial charge in [0.15, 0.2) is 5.82 Å². The number of benzene rings is 1. The van der Waals surface area contributed by atoms with Crippen molar-refractivity contribution in [1.82, 2.24) is 10.1 Å². The van der Waals surface area contributed by atoms with E-state index in [1.807, 2.05) is 12.1 Å². The molecule has 1 aliphatic carbocycles. The fraction of sp³-hybridized carbons (Fsp3) is 0.500. The van der Waals surface area contributed by atoms with Crippen LogP contribution < -0.4 is 5.73 Å². The SMILES string of the molecule is NC1(c2noc(Cc3cccc(Br)c3)n2)CCCCCC1. The minimum Gasteiger partial charge on any atom is -0.339 e. The Kier molecular flexibility index (Phi) is 4.40. The molecule has 2 N–H and O–H groups in total. The van der Waals surface area contributed by atoms with Crippen molar-refractivity contribution in [2.24, 2.45) is 5.73 Å². The maximum atomic E-state index is 6.52. The van der Waals surface area contributed by atoms with Gasteiger partial charge in [0.2, 0.25) is 5.89 Å². The lowest BCUT2D eigenvalue weighted by atomic mass is 9.91. The number of nitrogens with zero attached hydrogens (tertiary/aromatic N) is 2. The van der Waals surface area contributed by atoms with Crippen molar-refractivity contribution < 1.29 is 4.52 Å². The van der Waals surface area contributed by atoms with Crippen molar-refractivity contribution >= 4 is 15.9 Å². The summed E-state index contributed by atoms with van der Waals surface area (Å²) in [6.07, 6.45) is 7.33. The van der Waals surface area contributed by atoms with Crippen molar-refractivity contribution in [2.75, 3.05) is 0 Å². The maximum Gasteiger partial charge on any atom is 0.231 e. The van der Waals surface area contributed by atoms with Gasteiger partial charge in [0.25, 0.3) is 0 Å². The minimum atomic E-state index is -0.407. The smallest absolute Gasteiger partial charge is 0.231 e. The van der Waals surface area contributed by atoms with Gasteiger partial charge < -0.3 is 10.3 Å². The third-order valence-corrected chi connectivity index (χ3v) is 4.65. The van der Waals surface area contributed by atoms with Gasteiger partial charge in [-0.3, -0.25) is 0 Å². The van der Waals surface area contributed by atoms with Gasteiger partial charge in [0.05, 0.1) is 12.0 Å². The molecular formula is C16H20BrN3O. The van der Waals surface area contributed by atoms with Crippen molar-refractivity contribution in [3.05, 3.63) is 46.0 Å². The molecule has 0 aliphatic heterocycles. The molecular weight excluding hydrogens is 330 g/mol. The standard InChI is InChI=1S/C16H20BrN3O/c17-13-7-5-6-12(10-13)11-14-19-15(20-21-14)16(18)8-3-1-2-4-9-16/h5-7,10H,1-4,8-9,11,18H2. The highest BCUT2D eigenvalue weighted by Gasteiger charge is 2.33. The van der Waals surface area contributed by atoms with Crippen molar-refractivity contribution in [1.29, 1.82) is 0 Å². The summed E-state index contributed by atoms with van der Waals surface area (Å²) < 4.78 is 6.47. The lowest BCUT2D eigenvalue weighted by Gasteiger charge is -2.23. The number of hydrogen-bond donors (Lipinski definition) is 1. The molecule has 1 saturated carbocycles. The molecule has 0 saturated heterocycles. The van der Waals surface area contributed by atoms with Gasteiger partial charge in [-0.2, -0.15) is 4.98 Å². The van der Waals surface area contributed by atoms with Crippen molar-refractivity contribution in [2.45, 2.75) is 50.5 Å². The summed E-state index contributed by atoms with van der Waals surface area (Å²) in [6, 6.07) is 8.13. The molecule has 1 fully saturated rings. The Hall–Kier alpha value is -1.20. The molecule has 1 heterocycles. The van der Waals surface area contributed by atoms with E-state index < -0.39 is 5.54 Å². The summed E-state index contributed by atoms with van der Waals surface area (Å²) in [5, 5.41) is 4.15. The second kappa shape index (κ2) is 6.28. The van der Waals surface area contributed by atoms with E-state index in [4.69, 9.17) is 10.3 Å². The van der Waals surface area contributed by atoms with Crippen LogP contribution >= 0.6 is 15.9 Å². The van der Waals surface area contributed by atoms with E-state index in [-0.39, 0.29) is 0 Å². The van der Waals surface area contributed by atoms with Crippen LogP contribution in [0, 0.1) is 0 Å². The molecule has 0 unspecified atom stereocenters. The normalized spacial score (nSPS) is 18.4. The van der Waals surface area contributed by atoms with E-state index in [1.165, 1.54) is 12.8 Å². The predicted octanol–water partition coefficient (Wildman–Crippen LogP) is 3.93. The highest BCUT2D eigenvalue weighted by atomic mass is 79.9. The van der Waals surface area contributed by atoms with Crippen LogP contribution in [0.5, 0.6) is 0 Å². The molecule has 0 atom stereocenters. The van der Waals surface area contributed by atoms with Gasteiger partial charge in [-0.15, -0.1) is 0 Å². The highest BCUT2D eigenvalue weighted by molar-refractivity contribution is 9.10. The van der Waals surface area contributed by atoms with Gasteiger partial charge in [-0.25, -0.2) is 0 Å². The second-order valence-corrected chi connectivity index (χ2v) is 6.80. The Bertz CT molecular complexity index is 603. The number of rotatable bonds is 3. The molecule has 4 nitrogen and oxygen atoms in total. The predicted molar refractivity (Wildman–Crippen MR) is 84.8 cm³/mol. The summed E-state index contributed by atoms with van der Waals surface area (Å²) in [5.74, 6) is 1.31. The summed E-state index contributed by atoms with van der Waals surface area (Å²) in [6.45, 7) is 0. The minimum absolute atomic E-state index is 0.407. The van der Waals surface area contributed by atoms with Crippen LogP contribution in [0.4, 0.5) is 0 Å². The summed E-state index contributed by atoms with van der Waals surface area (Å²) in [5.41, 5.74) is 7.26. The Morgan fingerprint density at radius 1 is 1.19 bits per heavy atom. The summed E-state index contributed by atoms with van der Waals surface area (Å²) in [4.78, 5) is 4.55. The van der Waals surface area contributed by atoms with Crippen LogP contribution in [-0.4, -0.2) is 10.1 Å². The Morgan fingerprint density at radius 3 is 2.67 bits per heavy atom. The maximum absolute atomic E-state index is 6.52. The average Bonchev–Trinajstić information content (AvgIpc) is 2.81. The number of hydrogen-bond acceptors (Lipinski definition) is 4. The van der Waals surface area contributed by atoms with Gasteiger partial charge in [-0.05, 0) is 30.5 Å². The van der Waals surface area contributed by atoms with Crippen LogP contribution in [0.25, 0.3) is 0 Å². The fourth-order valence-electron chi connectivity index (χ4n) is 2.93. The molecule has 1 aliphatic rings. The van der Waals surface area contributed by atoms with E-state index in [9.17, 15) is 0 Å². The first-order chi connectivity index (χ1) is 10.2. The topological polar surface area (TPSA) is 64.9 Å². The zero-order valence-electron chi connectivity index (χ0n) is 12.0. The molecule has 21 heavy (non-hydrogen) atoms. The molecule has 1 aromatic carbocycles. The number of aromatic nitrogens is 2. The lowest BCUT2D eigenvalue weighted by molar-refractivity contribution is 0.326.